The Balaban J connectivity index is 1.30. The maximum absolute atomic E-state index is 12.7. The number of imidazole rings is 1. The lowest BCUT2D eigenvalue weighted by Crippen LogP contribution is -2.34. The number of nitrogens with zero attached hydrogens (tertiary/aromatic N) is 6. The van der Waals surface area contributed by atoms with E-state index in [2.05, 4.69) is 46.0 Å². The molecule has 1 fully saturated rings. The van der Waals surface area contributed by atoms with Gasteiger partial charge in [0.2, 0.25) is 18.6 Å². The molecular formula is C31H35N7O3. The first-order chi connectivity index (χ1) is 19.9. The molecule has 41 heavy (non-hydrogen) atoms. The molecule has 0 spiro atoms. The van der Waals surface area contributed by atoms with Gasteiger partial charge < -0.3 is 29.2 Å². The standard InChI is InChI=1S/C31H35N7O3/c1-21(2)14-27(39)36-10-5-11-37(13-12-36)31-34-29(32-17-23-8-9-25-26(16-23)41-20-40-25)28-30(35-31)38(19-33-28)18-24-7-4-6-22(3)15-24/h4,6-9,14-16,19H,5,10-13,17-18,20H2,1-3H3,(H,32,34,35). The number of carbonyl (C=O) groups is 1. The first kappa shape index (κ1) is 26.6. The molecule has 2 aromatic heterocycles. The topological polar surface area (TPSA) is 97.6 Å². The fourth-order valence-electron chi connectivity index (χ4n) is 5.23. The quantitative estimate of drug-likeness (QED) is 0.334. The molecule has 6 rings (SSSR count). The third-order valence-corrected chi connectivity index (χ3v) is 7.29. The number of aromatic nitrogens is 4. The van der Waals surface area contributed by atoms with Gasteiger partial charge in [0.15, 0.2) is 28.5 Å². The van der Waals surface area contributed by atoms with Crippen LogP contribution < -0.4 is 19.7 Å². The lowest BCUT2D eigenvalue weighted by atomic mass is 10.1. The summed E-state index contributed by atoms with van der Waals surface area (Å²) in [5.41, 5.74) is 5.94. The highest BCUT2D eigenvalue weighted by molar-refractivity contribution is 5.88. The minimum Gasteiger partial charge on any atom is -0.454 e. The average molecular weight is 554 g/mol. The molecule has 4 heterocycles. The minimum absolute atomic E-state index is 0.0607. The van der Waals surface area contributed by atoms with Crippen molar-refractivity contribution in [1.82, 2.24) is 24.4 Å². The number of anilines is 2. The lowest BCUT2D eigenvalue weighted by molar-refractivity contribution is -0.125. The van der Waals surface area contributed by atoms with Crippen LogP contribution in [0.4, 0.5) is 11.8 Å². The first-order valence-electron chi connectivity index (χ1n) is 14.0. The van der Waals surface area contributed by atoms with Crippen molar-refractivity contribution in [3.05, 3.63) is 77.1 Å². The number of ether oxygens (including phenoxy) is 2. The Bertz CT molecular complexity index is 1610. The monoisotopic (exact) mass is 553 g/mol. The van der Waals surface area contributed by atoms with Crippen molar-refractivity contribution >= 4 is 28.8 Å². The average Bonchev–Trinajstić information content (AvgIpc) is 3.50. The molecular weight excluding hydrogens is 518 g/mol. The normalized spacial score (nSPS) is 14.7. The van der Waals surface area contributed by atoms with Crippen molar-refractivity contribution in [1.29, 1.82) is 0 Å². The summed E-state index contributed by atoms with van der Waals surface area (Å²) in [5, 5.41) is 3.50. The van der Waals surface area contributed by atoms with Gasteiger partial charge in [0.25, 0.3) is 0 Å². The van der Waals surface area contributed by atoms with Crippen molar-refractivity contribution in [3.63, 3.8) is 0 Å². The SMILES string of the molecule is CC(C)=CC(=O)N1CCCN(c2nc(NCc3ccc4c(c3)OCO4)c3ncn(Cc4cccc(C)c4)c3n2)CC1. The molecule has 0 atom stereocenters. The lowest BCUT2D eigenvalue weighted by Gasteiger charge is -2.22. The van der Waals surface area contributed by atoms with Crippen LogP contribution in [0.1, 0.15) is 37.0 Å². The second kappa shape index (κ2) is 11.5. The number of carbonyl (C=O) groups excluding carboxylic acids is 1. The number of benzene rings is 2. The minimum atomic E-state index is 0.0607. The summed E-state index contributed by atoms with van der Waals surface area (Å²) < 4.78 is 13.1. The molecule has 4 aromatic rings. The predicted octanol–water partition coefficient (Wildman–Crippen LogP) is 4.53. The second-order valence-electron chi connectivity index (χ2n) is 10.8. The van der Waals surface area contributed by atoms with Crippen molar-refractivity contribution in [2.75, 3.05) is 43.2 Å². The Morgan fingerprint density at radius 3 is 2.73 bits per heavy atom. The summed E-state index contributed by atoms with van der Waals surface area (Å²) in [7, 11) is 0. The third kappa shape index (κ3) is 5.96. The number of fused-ring (bicyclic) bond motifs is 2. The molecule has 10 heteroatoms. The summed E-state index contributed by atoms with van der Waals surface area (Å²) in [5.74, 6) is 2.87. The van der Waals surface area contributed by atoms with E-state index in [1.807, 2.05) is 43.3 Å². The van der Waals surface area contributed by atoms with Gasteiger partial charge in [0.1, 0.15) is 0 Å². The van der Waals surface area contributed by atoms with Crippen molar-refractivity contribution in [3.8, 4) is 11.5 Å². The second-order valence-corrected chi connectivity index (χ2v) is 10.8. The van der Waals surface area contributed by atoms with Gasteiger partial charge in [-0.15, -0.1) is 0 Å². The third-order valence-electron chi connectivity index (χ3n) is 7.29. The number of hydrogen-bond donors (Lipinski definition) is 1. The number of hydrogen-bond acceptors (Lipinski definition) is 8. The van der Waals surface area contributed by atoms with Crippen molar-refractivity contribution < 1.29 is 14.3 Å². The fraction of sp³-hybridized carbons (Fsp3) is 0.355. The molecule has 212 valence electrons. The molecule has 1 N–H and O–H groups in total. The highest BCUT2D eigenvalue weighted by Gasteiger charge is 2.22. The summed E-state index contributed by atoms with van der Waals surface area (Å²) in [6.07, 6.45) is 4.38. The van der Waals surface area contributed by atoms with Crippen molar-refractivity contribution in [2.24, 2.45) is 0 Å². The van der Waals surface area contributed by atoms with Crippen LogP contribution in [0.15, 0.2) is 60.4 Å². The van der Waals surface area contributed by atoms with E-state index in [9.17, 15) is 4.79 Å². The molecule has 2 aliphatic heterocycles. The Labute approximate surface area is 239 Å². The molecule has 0 saturated carbocycles. The molecule has 0 unspecified atom stereocenters. The largest absolute Gasteiger partial charge is 0.454 e. The highest BCUT2D eigenvalue weighted by atomic mass is 16.7. The van der Waals surface area contributed by atoms with Gasteiger partial charge in [-0.25, -0.2) is 4.98 Å². The highest BCUT2D eigenvalue weighted by Crippen LogP contribution is 2.33. The number of rotatable bonds is 7. The van der Waals surface area contributed by atoms with Gasteiger partial charge in [-0.1, -0.05) is 41.5 Å². The maximum atomic E-state index is 12.7. The Morgan fingerprint density at radius 1 is 1.00 bits per heavy atom. The summed E-state index contributed by atoms with van der Waals surface area (Å²) in [6.45, 7) is 10.2. The van der Waals surface area contributed by atoms with Crippen LogP contribution in [0.25, 0.3) is 11.2 Å². The Hall–Kier alpha value is -4.60. The van der Waals surface area contributed by atoms with Gasteiger partial charge >= 0.3 is 0 Å². The van der Waals surface area contributed by atoms with E-state index in [1.165, 1.54) is 11.1 Å². The Morgan fingerprint density at radius 2 is 1.88 bits per heavy atom. The molecule has 1 amide bonds. The Kier molecular flexibility index (Phi) is 7.45. The molecule has 0 aliphatic carbocycles. The van der Waals surface area contributed by atoms with E-state index in [4.69, 9.17) is 24.4 Å². The summed E-state index contributed by atoms with van der Waals surface area (Å²) in [4.78, 5) is 31.5. The van der Waals surface area contributed by atoms with E-state index in [0.29, 0.717) is 44.5 Å². The number of aryl methyl sites for hydroxylation is 1. The van der Waals surface area contributed by atoms with E-state index in [0.717, 1.165) is 46.8 Å². The summed E-state index contributed by atoms with van der Waals surface area (Å²) in [6, 6.07) is 14.4. The van der Waals surface area contributed by atoms with Crippen LogP contribution in [0.5, 0.6) is 11.5 Å². The van der Waals surface area contributed by atoms with Gasteiger partial charge in [-0.05, 0) is 50.5 Å². The van der Waals surface area contributed by atoms with E-state index < -0.39 is 0 Å². The van der Waals surface area contributed by atoms with Gasteiger partial charge in [0, 0.05) is 38.8 Å². The zero-order chi connectivity index (χ0) is 28.3. The molecule has 0 bridgehead atoms. The van der Waals surface area contributed by atoms with E-state index in [-0.39, 0.29) is 12.7 Å². The van der Waals surface area contributed by atoms with E-state index >= 15 is 0 Å². The first-order valence-corrected chi connectivity index (χ1v) is 14.0. The van der Waals surface area contributed by atoms with Crippen LogP contribution in [0, 0.1) is 6.92 Å². The zero-order valence-electron chi connectivity index (χ0n) is 23.8. The van der Waals surface area contributed by atoms with E-state index in [1.54, 1.807) is 6.08 Å². The van der Waals surface area contributed by atoms with Crippen LogP contribution in [0.3, 0.4) is 0 Å². The number of nitrogens with one attached hydrogen (secondary N) is 1. The zero-order valence-corrected chi connectivity index (χ0v) is 23.8. The predicted molar refractivity (Wildman–Crippen MR) is 158 cm³/mol. The maximum Gasteiger partial charge on any atom is 0.246 e. The smallest absolute Gasteiger partial charge is 0.246 e. The summed E-state index contributed by atoms with van der Waals surface area (Å²) >= 11 is 0. The van der Waals surface area contributed by atoms with Crippen LogP contribution in [-0.4, -0.2) is 63.3 Å². The van der Waals surface area contributed by atoms with Gasteiger partial charge in [-0.3, -0.25) is 4.79 Å². The van der Waals surface area contributed by atoms with Crippen LogP contribution in [-0.2, 0) is 17.9 Å². The number of amides is 1. The van der Waals surface area contributed by atoms with Gasteiger partial charge in [-0.2, -0.15) is 9.97 Å². The molecule has 10 nitrogen and oxygen atoms in total. The van der Waals surface area contributed by atoms with Gasteiger partial charge in [0.05, 0.1) is 12.9 Å². The molecule has 2 aliphatic rings. The molecule has 0 radical (unpaired) electrons. The van der Waals surface area contributed by atoms with Crippen molar-refractivity contribution in [2.45, 2.75) is 40.3 Å². The van der Waals surface area contributed by atoms with Crippen LogP contribution in [0.2, 0.25) is 0 Å². The fourth-order valence-corrected chi connectivity index (χ4v) is 5.23. The van der Waals surface area contributed by atoms with Crippen LogP contribution >= 0.6 is 0 Å². The molecule has 1 saturated heterocycles. The molecule has 2 aromatic carbocycles. The number of allylic oxidation sites excluding steroid dienone is 1.